The Balaban J connectivity index is 3.53. The first kappa shape index (κ1) is 59.4. The molecule has 0 rings (SSSR count). The Morgan fingerprint density at radius 1 is 0.377 bits per heavy atom. The summed E-state index contributed by atoms with van der Waals surface area (Å²) in [5.74, 6) is -0.0755. The van der Waals surface area contributed by atoms with E-state index in [0.717, 1.165) is 38.5 Å². The first-order valence-corrected chi connectivity index (χ1v) is 27.4. The minimum Gasteiger partial charge on any atom is -0.394 e. The van der Waals surface area contributed by atoms with Crippen LogP contribution in [-0.2, 0) is 4.79 Å². The Kier molecular flexibility index (Phi) is 51.3. The van der Waals surface area contributed by atoms with Crippen molar-refractivity contribution in [3.8, 4) is 0 Å². The number of aliphatic hydroxyl groups is 2. The second-order valence-electron chi connectivity index (χ2n) is 18.6. The van der Waals surface area contributed by atoms with E-state index in [1.54, 1.807) is 6.08 Å². The third-order valence-electron chi connectivity index (χ3n) is 12.5. The molecule has 4 heteroatoms. The van der Waals surface area contributed by atoms with Crippen LogP contribution in [0.4, 0.5) is 0 Å². The van der Waals surface area contributed by atoms with Crippen molar-refractivity contribution in [2.24, 2.45) is 0 Å². The molecule has 0 aromatic heterocycles. The van der Waals surface area contributed by atoms with Crippen molar-refractivity contribution in [2.75, 3.05) is 6.61 Å². The van der Waals surface area contributed by atoms with Gasteiger partial charge in [0.15, 0.2) is 0 Å². The minimum absolute atomic E-state index is 0.0755. The largest absolute Gasteiger partial charge is 0.394 e. The van der Waals surface area contributed by atoms with Gasteiger partial charge in [-0.05, 0) is 70.6 Å². The van der Waals surface area contributed by atoms with E-state index in [1.165, 1.54) is 231 Å². The van der Waals surface area contributed by atoms with Crippen LogP contribution >= 0.6 is 0 Å². The van der Waals surface area contributed by atoms with E-state index in [-0.39, 0.29) is 12.5 Å². The molecule has 0 aromatic carbocycles. The monoisotopic (exact) mass is 854 g/mol. The van der Waals surface area contributed by atoms with Gasteiger partial charge in [-0.1, -0.05) is 262 Å². The number of nitrogens with one attached hydrogen (secondary N) is 1. The number of aliphatic hydroxyl groups excluding tert-OH is 2. The molecule has 0 radical (unpaired) electrons. The van der Waals surface area contributed by atoms with Crippen LogP contribution in [0.5, 0.6) is 0 Å². The Labute approximate surface area is 382 Å². The average molecular weight is 854 g/mol. The predicted octanol–water partition coefficient (Wildman–Crippen LogP) is 17.9. The van der Waals surface area contributed by atoms with Crippen LogP contribution in [0, 0.1) is 0 Å². The normalized spacial score (nSPS) is 13.2. The molecule has 0 fully saturated rings. The zero-order valence-corrected chi connectivity index (χ0v) is 41.2. The van der Waals surface area contributed by atoms with Gasteiger partial charge in [-0.2, -0.15) is 0 Å². The van der Waals surface area contributed by atoms with Gasteiger partial charge in [0, 0.05) is 6.42 Å². The van der Waals surface area contributed by atoms with Crippen molar-refractivity contribution >= 4 is 5.91 Å². The molecule has 61 heavy (non-hydrogen) atoms. The third-order valence-corrected chi connectivity index (χ3v) is 12.5. The number of carbonyl (C=O) groups excluding carboxylic acids is 1. The van der Waals surface area contributed by atoms with E-state index < -0.39 is 12.1 Å². The van der Waals surface area contributed by atoms with Crippen molar-refractivity contribution < 1.29 is 15.0 Å². The number of hydrogen-bond donors (Lipinski definition) is 3. The lowest BCUT2D eigenvalue weighted by molar-refractivity contribution is -0.123. The van der Waals surface area contributed by atoms with E-state index in [4.69, 9.17) is 0 Å². The number of carbonyl (C=O) groups is 1. The van der Waals surface area contributed by atoms with Gasteiger partial charge < -0.3 is 15.5 Å². The summed E-state index contributed by atoms with van der Waals surface area (Å²) in [7, 11) is 0. The average Bonchev–Trinajstić information content (AvgIpc) is 3.26. The summed E-state index contributed by atoms with van der Waals surface area (Å²) in [4.78, 5) is 12.5. The molecule has 0 aromatic rings. The minimum atomic E-state index is -0.871. The summed E-state index contributed by atoms with van der Waals surface area (Å²) in [5.41, 5.74) is 0. The summed E-state index contributed by atoms with van der Waals surface area (Å²) in [6.07, 6.45) is 72.7. The van der Waals surface area contributed by atoms with E-state index in [1.807, 2.05) is 6.08 Å². The molecule has 2 unspecified atom stereocenters. The molecule has 0 saturated heterocycles. The van der Waals surface area contributed by atoms with E-state index in [0.29, 0.717) is 6.42 Å². The second kappa shape index (κ2) is 52.7. The third kappa shape index (κ3) is 49.2. The summed E-state index contributed by atoms with van der Waals surface area (Å²) in [6, 6.07) is -0.646. The molecule has 2 atom stereocenters. The van der Waals surface area contributed by atoms with E-state index in [2.05, 4.69) is 55.6 Å². The lowest BCUT2D eigenvalue weighted by Crippen LogP contribution is -2.45. The molecule has 0 saturated carbocycles. The molecular weight excluding hydrogens is 747 g/mol. The standard InChI is InChI=1S/C57H107NO3/c1-3-5-7-9-11-13-15-17-19-21-23-25-26-27-28-29-30-31-32-33-35-37-39-41-43-45-47-49-51-53-57(61)58-55(54-59)56(60)52-50-48-46-44-42-40-38-36-34-24-22-20-18-16-14-12-10-8-6-4-2/h27-28,34,36,42,44,50,52,55-56,59-60H,3-26,29-33,35,37-41,43,45-49,51,53-54H2,1-2H3,(H,58,61)/b28-27-,36-34+,44-42+,52-50+. The van der Waals surface area contributed by atoms with Gasteiger partial charge in [0.05, 0.1) is 18.8 Å². The smallest absolute Gasteiger partial charge is 0.220 e. The lowest BCUT2D eigenvalue weighted by Gasteiger charge is -2.19. The highest BCUT2D eigenvalue weighted by atomic mass is 16.3. The second-order valence-corrected chi connectivity index (χ2v) is 18.6. The van der Waals surface area contributed by atoms with Crippen molar-refractivity contribution in [1.29, 1.82) is 0 Å². The van der Waals surface area contributed by atoms with Gasteiger partial charge in [-0.15, -0.1) is 0 Å². The Morgan fingerprint density at radius 3 is 0.951 bits per heavy atom. The lowest BCUT2D eigenvalue weighted by atomic mass is 10.0. The molecule has 3 N–H and O–H groups in total. The number of allylic oxidation sites excluding steroid dienone is 7. The van der Waals surface area contributed by atoms with Crippen LogP contribution in [0.1, 0.15) is 290 Å². The fourth-order valence-electron chi connectivity index (χ4n) is 8.32. The van der Waals surface area contributed by atoms with Crippen LogP contribution in [0.2, 0.25) is 0 Å². The zero-order chi connectivity index (χ0) is 44.2. The number of amides is 1. The van der Waals surface area contributed by atoms with Crippen molar-refractivity contribution in [3.63, 3.8) is 0 Å². The van der Waals surface area contributed by atoms with Gasteiger partial charge in [0.2, 0.25) is 5.91 Å². The molecule has 0 spiro atoms. The van der Waals surface area contributed by atoms with Gasteiger partial charge in [0.25, 0.3) is 0 Å². The highest BCUT2D eigenvalue weighted by Gasteiger charge is 2.18. The quantitative estimate of drug-likeness (QED) is 0.0422. The Bertz CT molecular complexity index is 970. The molecule has 4 nitrogen and oxygen atoms in total. The molecule has 0 heterocycles. The van der Waals surface area contributed by atoms with Crippen LogP contribution in [0.3, 0.4) is 0 Å². The molecule has 1 amide bonds. The molecule has 358 valence electrons. The van der Waals surface area contributed by atoms with Crippen molar-refractivity contribution in [2.45, 2.75) is 302 Å². The van der Waals surface area contributed by atoms with Crippen molar-refractivity contribution in [3.05, 3.63) is 48.6 Å². The SMILES string of the molecule is CCCCCCCCCCCC/C=C/CC/C=C/CC/C=C/C(O)C(CO)NC(=O)CCCCCCCCCCCCCCC/C=C\CCCCCCCCCCCCCC. The van der Waals surface area contributed by atoms with E-state index in [9.17, 15) is 15.0 Å². The van der Waals surface area contributed by atoms with Crippen LogP contribution < -0.4 is 5.32 Å². The van der Waals surface area contributed by atoms with Gasteiger partial charge in [-0.3, -0.25) is 4.79 Å². The molecular formula is C57H107NO3. The first-order valence-electron chi connectivity index (χ1n) is 27.4. The fourth-order valence-corrected chi connectivity index (χ4v) is 8.32. The Hall–Kier alpha value is -1.65. The van der Waals surface area contributed by atoms with Crippen molar-refractivity contribution in [1.82, 2.24) is 5.32 Å². The highest BCUT2D eigenvalue weighted by Crippen LogP contribution is 2.16. The number of unbranched alkanes of at least 4 members (excludes halogenated alkanes) is 37. The maximum absolute atomic E-state index is 12.5. The summed E-state index contributed by atoms with van der Waals surface area (Å²) < 4.78 is 0. The maximum Gasteiger partial charge on any atom is 0.220 e. The maximum atomic E-state index is 12.5. The van der Waals surface area contributed by atoms with E-state index >= 15 is 0 Å². The molecule has 0 aliphatic carbocycles. The summed E-state index contributed by atoms with van der Waals surface area (Å²) in [6.45, 7) is 4.32. The zero-order valence-electron chi connectivity index (χ0n) is 41.2. The van der Waals surface area contributed by atoms with Gasteiger partial charge in [0.1, 0.15) is 0 Å². The predicted molar refractivity (Wildman–Crippen MR) is 271 cm³/mol. The fraction of sp³-hybridized carbons (Fsp3) is 0.842. The van der Waals surface area contributed by atoms with Crippen LogP contribution in [0.15, 0.2) is 48.6 Å². The van der Waals surface area contributed by atoms with Gasteiger partial charge in [-0.25, -0.2) is 0 Å². The summed E-state index contributed by atoms with van der Waals surface area (Å²) in [5, 5.41) is 23.1. The first-order chi connectivity index (χ1) is 30.2. The summed E-state index contributed by atoms with van der Waals surface area (Å²) >= 11 is 0. The Morgan fingerprint density at radius 2 is 0.639 bits per heavy atom. The molecule has 0 bridgehead atoms. The number of hydrogen-bond acceptors (Lipinski definition) is 3. The molecule has 0 aliphatic heterocycles. The number of rotatable bonds is 50. The van der Waals surface area contributed by atoms with Gasteiger partial charge >= 0.3 is 0 Å². The van der Waals surface area contributed by atoms with Crippen LogP contribution in [-0.4, -0.2) is 34.9 Å². The topological polar surface area (TPSA) is 69.6 Å². The molecule has 0 aliphatic rings. The highest BCUT2D eigenvalue weighted by molar-refractivity contribution is 5.76. The van der Waals surface area contributed by atoms with Crippen LogP contribution in [0.25, 0.3) is 0 Å².